The van der Waals surface area contributed by atoms with E-state index in [0.717, 1.165) is 19.3 Å². The normalized spacial score (nSPS) is 11.1. The number of carboxylic acid groups (broad SMARTS) is 1. The molecule has 0 heterocycles. The molecule has 0 aromatic rings. The van der Waals surface area contributed by atoms with Gasteiger partial charge in [-0.25, -0.2) is 0 Å². The van der Waals surface area contributed by atoms with E-state index in [4.69, 9.17) is 0 Å². The molecule has 0 saturated carbocycles. The van der Waals surface area contributed by atoms with Gasteiger partial charge in [0.05, 0.1) is 26.2 Å². The van der Waals surface area contributed by atoms with Crippen molar-refractivity contribution in [1.82, 2.24) is 0 Å². The molecule has 0 aliphatic rings. The van der Waals surface area contributed by atoms with Gasteiger partial charge in [-0.3, -0.25) is 0 Å². The van der Waals surface area contributed by atoms with Gasteiger partial charge in [-0.05, 0) is 38.5 Å². The summed E-state index contributed by atoms with van der Waals surface area (Å²) in [4.78, 5) is 9.76. The highest BCUT2D eigenvalue weighted by atomic mass is 16.4. The molecule has 0 radical (unpaired) electrons. The number of quaternary nitrogens is 1. The van der Waals surface area contributed by atoms with Gasteiger partial charge < -0.3 is 14.4 Å². The Hall–Kier alpha value is -0.570. The zero-order valence-electron chi connectivity index (χ0n) is 18.1. The molecular formula is C22H47NO2. The minimum atomic E-state index is -0.932. The van der Waals surface area contributed by atoms with Crippen molar-refractivity contribution in [2.45, 2.75) is 112 Å². The molecule has 0 rings (SSSR count). The Bertz CT molecular complexity index is 242. The van der Waals surface area contributed by atoms with Crippen molar-refractivity contribution in [3.8, 4) is 0 Å². The fraction of sp³-hybridized carbons (Fsp3) is 0.955. The van der Waals surface area contributed by atoms with Crippen LogP contribution < -0.4 is 5.11 Å². The molecule has 25 heavy (non-hydrogen) atoms. The molecule has 0 spiro atoms. The third kappa shape index (κ3) is 18.0. The molecule has 0 amide bonds. The van der Waals surface area contributed by atoms with Crippen molar-refractivity contribution in [3.63, 3.8) is 0 Å². The predicted molar refractivity (Wildman–Crippen MR) is 109 cm³/mol. The van der Waals surface area contributed by atoms with Crippen LogP contribution in [0.15, 0.2) is 0 Å². The second-order valence-electron chi connectivity index (χ2n) is 7.48. The van der Waals surface area contributed by atoms with E-state index in [0.29, 0.717) is 0 Å². The van der Waals surface area contributed by atoms with E-state index in [1.54, 1.807) is 0 Å². The summed E-state index contributed by atoms with van der Waals surface area (Å²) < 4.78 is 1.42. The van der Waals surface area contributed by atoms with E-state index < -0.39 is 5.97 Å². The van der Waals surface area contributed by atoms with Gasteiger partial charge in [0.25, 0.3) is 0 Å². The summed E-state index contributed by atoms with van der Waals surface area (Å²) in [6.45, 7) is 17.1. The number of rotatable bonds is 16. The van der Waals surface area contributed by atoms with E-state index >= 15 is 0 Å². The van der Waals surface area contributed by atoms with E-state index in [1.807, 2.05) is 6.92 Å². The van der Waals surface area contributed by atoms with Crippen LogP contribution in [0.5, 0.6) is 0 Å². The van der Waals surface area contributed by atoms with Crippen LogP contribution in [0.25, 0.3) is 0 Å². The van der Waals surface area contributed by atoms with Crippen LogP contribution in [0.4, 0.5) is 0 Å². The monoisotopic (exact) mass is 357 g/mol. The predicted octanol–water partition coefficient (Wildman–Crippen LogP) is 5.32. The maximum absolute atomic E-state index is 9.76. The number of hydrogen-bond acceptors (Lipinski definition) is 2. The van der Waals surface area contributed by atoms with E-state index in [1.165, 1.54) is 82.0 Å². The van der Waals surface area contributed by atoms with Gasteiger partial charge in [-0.15, -0.1) is 0 Å². The average molecular weight is 358 g/mol. The zero-order valence-corrected chi connectivity index (χ0v) is 18.1. The first kappa shape index (κ1) is 26.7. The van der Waals surface area contributed by atoms with Crippen LogP contribution >= 0.6 is 0 Å². The SMILES string of the molecule is CCCCCC(=O)[O-].CCCC[N+](CCCC)(CCCC)CCCC. The maximum Gasteiger partial charge on any atom is 0.0786 e. The molecule has 0 saturated heterocycles. The number of aliphatic carboxylic acids is 1. The topological polar surface area (TPSA) is 40.1 Å². The molecule has 0 fully saturated rings. The van der Waals surface area contributed by atoms with Crippen molar-refractivity contribution in [2.75, 3.05) is 26.2 Å². The summed E-state index contributed by atoms with van der Waals surface area (Å²) in [6, 6.07) is 0. The summed E-state index contributed by atoms with van der Waals surface area (Å²) >= 11 is 0. The third-order valence-corrected chi connectivity index (χ3v) is 4.93. The molecule has 0 bridgehead atoms. The number of hydrogen-bond donors (Lipinski definition) is 0. The average Bonchev–Trinajstić information content (AvgIpc) is 2.61. The Balaban J connectivity index is 0. The Kier molecular flexibility index (Phi) is 21.1. The Morgan fingerprint density at radius 3 is 1.16 bits per heavy atom. The maximum atomic E-state index is 9.76. The molecule has 0 aliphatic heterocycles. The van der Waals surface area contributed by atoms with Crippen molar-refractivity contribution in [2.24, 2.45) is 0 Å². The van der Waals surface area contributed by atoms with Crippen LogP contribution in [-0.4, -0.2) is 36.6 Å². The van der Waals surface area contributed by atoms with Crippen molar-refractivity contribution in [1.29, 1.82) is 0 Å². The standard InChI is InChI=1S/C16H36N.C6H12O2/c1-5-9-13-17(14-10-6-2,15-11-7-3)16-12-8-4;1-2-3-4-5-6(7)8/h5-16H2,1-4H3;2-5H2,1H3,(H,7,8)/q+1;/p-1. The molecule has 0 atom stereocenters. The lowest BCUT2D eigenvalue weighted by Gasteiger charge is -2.39. The molecule has 0 unspecified atom stereocenters. The number of carbonyl (C=O) groups excluding carboxylic acids is 1. The summed E-state index contributed by atoms with van der Waals surface area (Å²) in [7, 11) is 0. The van der Waals surface area contributed by atoms with Gasteiger partial charge in [0.1, 0.15) is 0 Å². The smallest absolute Gasteiger partial charge is 0.0786 e. The van der Waals surface area contributed by atoms with E-state index in [-0.39, 0.29) is 6.42 Å². The first-order chi connectivity index (χ1) is 12.0. The lowest BCUT2D eigenvalue weighted by Crippen LogP contribution is -2.50. The highest BCUT2D eigenvalue weighted by molar-refractivity contribution is 5.63. The lowest BCUT2D eigenvalue weighted by atomic mass is 10.1. The number of carbonyl (C=O) groups is 1. The van der Waals surface area contributed by atoms with Crippen LogP contribution in [0.3, 0.4) is 0 Å². The first-order valence-electron chi connectivity index (χ1n) is 11.1. The van der Waals surface area contributed by atoms with Gasteiger partial charge in [-0.2, -0.15) is 0 Å². The fourth-order valence-corrected chi connectivity index (χ4v) is 3.16. The summed E-state index contributed by atoms with van der Waals surface area (Å²) in [5.74, 6) is -0.932. The second-order valence-corrected chi connectivity index (χ2v) is 7.48. The zero-order chi connectivity index (χ0) is 19.4. The van der Waals surface area contributed by atoms with Crippen LogP contribution in [0.2, 0.25) is 0 Å². The van der Waals surface area contributed by atoms with E-state index in [2.05, 4.69) is 27.7 Å². The summed E-state index contributed by atoms with van der Waals surface area (Å²) in [5.41, 5.74) is 0. The van der Waals surface area contributed by atoms with E-state index in [9.17, 15) is 9.90 Å². The first-order valence-corrected chi connectivity index (χ1v) is 11.1. The summed E-state index contributed by atoms with van der Waals surface area (Å²) in [5, 5.41) is 9.76. The number of unbranched alkanes of at least 4 members (excludes halogenated alkanes) is 6. The highest BCUT2D eigenvalue weighted by Crippen LogP contribution is 2.16. The molecule has 3 nitrogen and oxygen atoms in total. The highest BCUT2D eigenvalue weighted by Gasteiger charge is 2.24. The molecule has 3 heteroatoms. The van der Waals surface area contributed by atoms with Gasteiger partial charge in [0.2, 0.25) is 0 Å². The molecule has 152 valence electrons. The number of nitrogens with zero attached hydrogens (tertiary/aromatic N) is 1. The van der Waals surface area contributed by atoms with Crippen LogP contribution in [-0.2, 0) is 4.79 Å². The Morgan fingerprint density at radius 2 is 0.920 bits per heavy atom. The van der Waals surface area contributed by atoms with Crippen LogP contribution in [0.1, 0.15) is 112 Å². The quantitative estimate of drug-likeness (QED) is 0.277. The van der Waals surface area contributed by atoms with Gasteiger partial charge >= 0.3 is 0 Å². The van der Waals surface area contributed by atoms with Crippen molar-refractivity contribution >= 4 is 5.97 Å². The Morgan fingerprint density at radius 1 is 0.600 bits per heavy atom. The van der Waals surface area contributed by atoms with Gasteiger partial charge in [-0.1, -0.05) is 73.1 Å². The number of carboxylic acids is 1. The molecule has 0 N–H and O–H groups in total. The molecule has 0 aromatic carbocycles. The largest absolute Gasteiger partial charge is 0.550 e. The minimum Gasteiger partial charge on any atom is -0.550 e. The minimum absolute atomic E-state index is 0.216. The summed E-state index contributed by atoms with van der Waals surface area (Å²) in [6.07, 6.45) is 14.1. The van der Waals surface area contributed by atoms with Crippen LogP contribution in [0, 0.1) is 0 Å². The third-order valence-electron chi connectivity index (χ3n) is 4.93. The van der Waals surface area contributed by atoms with Gasteiger partial charge in [0, 0.05) is 5.97 Å². The van der Waals surface area contributed by atoms with Gasteiger partial charge in [0.15, 0.2) is 0 Å². The lowest BCUT2D eigenvalue weighted by molar-refractivity contribution is -0.929. The molecular weight excluding hydrogens is 310 g/mol. The molecule has 0 aliphatic carbocycles. The second kappa shape index (κ2) is 19.8. The fourth-order valence-electron chi connectivity index (χ4n) is 3.16. The molecule has 0 aromatic heterocycles. The van der Waals surface area contributed by atoms with Crippen molar-refractivity contribution in [3.05, 3.63) is 0 Å². The Labute approximate surface area is 158 Å². The van der Waals surface area contributed by atoms with Crippen molar-refractivity contribution < 1.29 is 14.4 Å².